The molecule has 2 rings (SSSR count). The summed E-state index contributed by atoms with van der Waals surface area (Å²) < 4.78 is 5.53. The van der Waals surface area contributed by atoms with E-state index in [4.69, 9.17) is 4.74 Å². The van der Waals surface area contributed by atoms with Gasteiger partial charge < -0.3 is 9.64 Å². The summed E-state index contributed by atoms with van der Waals surface area (Å²) >= 11 is 0. The molecule has 1 aliphatic rings. The van der Waals surface area contributed by atoms with Gasteiger partial charge in [0.15, 0.2) is 5.75 Å². The average molecular weight is 210 g/mol. The zero-order chi connectivity index (χ0) is 10.5. The summed E-state index contributed by atoms with van der Waals surface area (Å²) in [6.45, 7) is 6.34. The highest BCUT2D eigenvalue weighted by atomic mass is 16.5. The molecule has 1 saturated heterocycles. The standard InChI is InChI=1S/C10H18N4O/c1-13-2-4-14(5-3-13)6-7-15-10-8-11-12-9-10/h8-9H,2-7H2,1H3,(H,11,12). The lowest BCUT2D eigenvalue weighted by atomic mass is 10.3. The third-order valence-electron chi connectivity index (χ3n) is 2.75. The van der Waals surface area contributed by atoms with E-state index in [-0.39, 0.29) is 0 Å². The number of aromatic nitrogens is 2. The number of H-pyrrole nitrogens is 1. The Hall–Kier alpha value is -1.07. The first kappa shape index (κ1) is 10.4. The second-order valence-corrected chi connectivity index (χ2v) is 3.93. The highest BCUT2D eigenvalue weighted by Gasteiger charge is 2.12. The molecule has 84 valence electrons. The molecule has 0 amide bonds. The summed E-state index contributed by atoms with van der Waals surface area (Å²) in [5.74, 6) is 0.823. The summed E-state index contributed by atoms with van der Waals surface area (Å²) in [5, 5.41) is 6.56. The second-order valence-electron chi connectivity index (χ2n) is 3.93. The number of hydrogen-bond acceptors (Lipinski definition) is 4. The summed E-state index contributed by atoms with van der Waals surface area (Å²) in [7, 11) is 2.17. The molecular weight excluding hydrogens is 192 g/mol. The average Bonchev–Trinajstić information content (AvgIpc) is 2.74. The monoisotopic (exact) mass is 210 g/mol. The Bertz CT molecular complexity index is 267. The summed E-state index contributed by atoms with van der Waals surface area (Å²) in [4.78, 5) is 4.79. The first-order chi connectivity index (χ1) is 7.34. The van der Waals surface area contributed by atoms with Crippen LogP contribution in [-0.2, 0) is 0 Å². The molecule has 1 aromatic heterocycles. The van der Waals surface area contributed by atoms with Crippen molar-refractivity contribution >= 4 is 0 Å². The Kier molecular flexibility index (Phi) is 3.58. The lowest BCUT2D eigenvalue weighted by Gasteiger charge is -2.32. The molecule has 1 aliphatic heterocycles. The van der Waals surface area contributed by atoms with Crippen molar-refractivity contribution in [2.75, 3.05) is 46.4 Å². The van der Waals surface area contributed by atoms with Gasteiger partial charge in [0.2, 0.25) is 0 Å². The van der Waals surface area contributed by atoms with Crippen LogP contribution in [0.3, 0.4) is 0 Å². The van der Waals surface area contributed by atoms with E-state index in [0.29, 0.717) is 0 Å². The van der Waals surface area contributed by atoms with Gasteiger partial charge in [-0.05, 0) is 7.05 Å². The van der Waals surface area contributed by atoms with Gasteiger partial charge >= 0.3 is 0 Å². The van der Waals surface area contributed by atoms with E-state index in [9.17, 15) is 0 Å². The molecule has 0 atom stereocenters. The van der Waals surface area contributed by atoms with Gasteiger partial charge in [0, 0.05) is 32.7 Å². The van der Waals surface area contributed by atoms with Gasteiger partial charge in [-0.25, -0.2) is 0 Å². The van der Waals surface area contributed by atoms with Crippen LogP contribution in [0.25, 0.3) is 0 Å². The van der Waals surface area contributed by atoms with Crippen molar-refractivity contribution in [3.63, 3.8) is 0 Å². The van der Waals surface area contributed by atoms with E-state index >= 15 is 0 Å². The summed E-state index contributed by atoms with van der Waals surface area (Å²) in [6, 6.07) is 0. The lowest BCUT2D eigenvalue weighted by Crippen LogP contribution is -2.45. The molecule has 1 aromatic rings. The van der Waals surface area contributed by atoms with Crippen molar-refractivity contribution < 1.29 is 4.74 Å². The molecule has 2 heterocycles. The van der Waals surface area contributed by atoms with Crippen molar-refractivity contribution in [1.29, 1.82) is 0 Å². The number of ether oxygens (including phenoxy) is 1. The van der Waals surface area contributed by atoms with E-state index in [1.165, 1.54) is 0 Å². The zero-order valence-electron chi connectivity index (χ0n) is 9.15. The first-order valence-corrected chi connectivity index (χ1v) is 5.37. The maximum Gasteiger partial charge on any atom is 0.156 e. The molecule has 0 aliphatic carbocycles. The molecule has 0 bridgehead atoms. The largest absolute Gasteiger partial charge is 0.489 e. The Balaban J connectivity index is 1.62. The number of rotatable bonds is 4. The first-order valence-electron chi connectivity index (χ1n) is 5.37. The highest BCUT2D eigenvalue weighted by Crippen LogP contribution is 2.05. The number of aromatic amines is 1. The van der Waals surface area contributed by atoms with Gasteiger partial charge in [0.25, 0.3) is 0 Å². The third-order valence-corrected chi connectivity index (χ3v) is 2.75. The van der Waals surface area contributed by atoms with Gasteiger partial charge in [-0.2, -0.15) is 5.10 Å². The number of hydrogen-bond donors (Lipinski definition) is 1. The Morgan fingerprint density at radius 2 is 2.20 bits per heavy atom. The van der Waals surface area contributed by atoms with Gasteiger partial charge in [-0.3, -0.25) is 10.00 Å². The Morgan fingerprint density at radius 1 is 1.40 bits per heavy atom. The van der Waals surface area contributed by atoms with Crippen molar-refractivity contribution in [3.05, 3.63) is 12.4 Å². The SMILES string of the molecule is CN1CCN(CCOc2cn[nH]c2)CC1. The zero-order valence-corrected chi connectivity index (χ0v) is 9.15. The van der Waals surface area contributed by atoms with Gasteiger partial charge in [0.1, 0.15) is 6.61 Å². The minimum atomic E-state index is 0.739. The van der Waals surface area contributed by atoms with Crippen molar-refractivity contribution in [2.24, 2.45) is 0 Å². The summed E-state index contributed by atoms with van der Waals surface area (Å²) in [5.41, 5.74) is 0. The highest BCUT2D eigenvalue weighted by molar-refractivity contribution is 5.09. The van der Waals surface area contributed by atoms with Crippen LogP contribution in [-0.4, -0.2) is 66.4 Å². The van der Waals surface area contributed by atoms with Crippen LogP contribution in [0, 0.1) is 0 Å². The van der Waals surface area contributed by atoms with Crippen LogP contribution >= 0.6 is 0 Å². The van der Waals surface area contributed by atoms with Crippen molar-refractivity contribution in [3.8, 4) is 5.75 Å². The van der Waals surface area contributed by atoms with Crippen molar-refractivity contribution in [1.82, 2.24) is 20.0 Å². The minimum absolute atomic E-state index is 0.739. The van der Waals surface area contributed by atoms with Crippen molar-refractivity contribution in [2.45, 2.75) is 0 Å². The Morgan fingerprint density at radius 3 is 2.87 bits per heavy atom. The topological polar surface area (TPSA) is 44.4 Å². The molecule has 0 saturated carbocycles. The number of likely N-dealkylation sites (N-methyl/N-ethyl adjacent to an activating group) is 1. The summed E-state index contributed by atoms with van der Waals surface area (Å²) in [6.07, 6.45) is 3.47. The molecule has 1 N–H and O–H groups in total. The van der Waals surface area contributed by atoms with E-state index in [1.807, 2.05) is 0 Å². The molecule has 0 radical (unpaired) electrons. The molecule has 1 fully saturated rings. The third kappa shape index (κ3) is 3.21. The van der Waals surface area contributed by atoms with Gasteiger partial charge in [-0.15, -0.1) is 0 Å². The maximum absolute atomic E-state index is 5.53. The number of piperazine rings is 1. The molecule has 0 spiro atoms. The molecule has 0 unspecified atom stereocenters. The Labute approximate surface area is 90.0 Å². The molecule has 5 nitrogen and oxygen atoms in total. The van der Waals surface area contributed by atoms with Crippen LogP contribution in [0.4, 0.5) is 0 Å². The predicted octanol–water partition coefficient (Wildman–Crippen LogP) is 0.0359. The van der Waals surface area contributed by atoms with E-state index < -0.39 is 0 Å². The number of nitrogens with zero attached hydrogens (tertiary/aromatic N) is 3. The molecule has 5 heteroatoms. The normalized spacial score (nSPS) is 19.3. The fourth-order valence-electron chi connectivity index (χ4n) is 1.68. The van der Waals surface area contributed by atoms with E-state index in [1.54, 1.807) is 12.4 Å². The lowest BCUT2D eigenvalue weighted by molar-refractivity contribution is 0.134. The number of nitrogens with one attached hydrogen (secondary N) is 1. The van der Waals surface area contributed by atoms with E-state index in [0.717, 1.165) is 45.1 Å². The molecule has 15 heavy (non-hydrogen) atoms. The second kappa shape index (κ2) is 5.14. The fraction of sp³-hybridized carbons (Fsp3) is 0.700. The molecular formula is C10H18N4O. The van der Waals surface area contributed by atoms with E-state index in [2.05, 4.69) is 27.0 Å². The minimum Gasteiger partial charge on any atom is -0.489 e. The van der Waals surface area contributed by atoms with Gasteiger partial charge in [-0.1, -0.05) is 0 Å². The molecule has 0 aromatic carbocycles. The predicted molar refractivity (Wildman–Crippen MR) is 58.0 cm³/mol. The van der Waals surface area contributed by atoms with Crippen LogP contribution < -0.4 is 4.74 Å². The smallest absolute Gasteiger partial charge is 0.156 e. The maximum atomic E-state index is 5.53. The van der Waals surface area contributed by atoms with Crippen LogP contribution in [0.15, 0.2) is 12.4 Å². The van der Waals surface area contributed by atoms with Crippen LogP contribution in [0.1, 0.15) is 0 Å². The fourth-order valence-corrected chi connectivity index (χ4v) is 1.68. The van der Waals surface area contributed by atoms with Crippen LogP contribution in [0.5, 0.6) is 5.75 Å². The van der Waals surface area contributed by atoms with Gasteiger partial charge in [0.05, 0.1) is 12.4 Å². The van der Waals surface area contributed by atoms with Crippen LogP contribution in [0.2, 0.25) is 0 Å². The quantitative estimate of drug-likeness (QED) is 0.762.